The number of hydrogen-bond donors (Lipinski definition) is 0. The number of rotatable bonds is 19. The first-order valence-electron chi connectivity index (χ1n) is 13.0. The summed E-state index contributed by atoms with van der Waals surface area (Å²) >= 11 is 0. The minimum Gasteiger partial charge on any atom is -0.460 e. The van der Waals surface area contributed by atoms with E-state index in [0.717, 1.165) is 12.5 Å². The zero-order valence-corrected chi connectivity index (χ0v) is 31.9. The summed E-state index contributed by atoms with van der Waals surface area (Å²) in [5.74, 6) is -0.520. The van der Waals surface area contributed by atoms with Crippen LogP contribution in [0.15, 0.2) is 12.7 Å². The van der Waals surface area contributed by atoms with Gasteiger partial charge >= 0.3 is 23.8 Å². The Kier molecular flexibility index (Phi) is 14.8. The van der Waals surface area contributed by atoms with Crippen LogP contribution >= 0.6 is 0 Å². The van der Waals surface area contributed by atoms with Crippen LogP contribution in [-0.2, 0) is 39.3 Å². The van der Waals surface area contributed by atoms with Crippen molar-refractivity contribution in [2.45, 2.75) is 105 Å². The Morgan fingerprint density at radius 1 is 0.703 bits per heavy atom. The Bertz CT molecular complexity index is 679. The second-order valence-corrected chi connectivity index (χ2v) is 37.0. The maximum atomic E-state index is 11.7. The van der Waals surface area contributed by atoms with E-state index in [2.05, 4.69) is 85.1 Å². The molecular formula is C22H54O9Si6. The van der Waals surface area contributed by atoms with Crippen molar-refractivity contribution in [2.24, 2.45) is 0 Å². The van der Waals surface area contributed by atoms with Gasteiger partial charge in [-0.25, -0.2) is 4.79 Å². The number of ether oxygens (including phenoxy) is 2. The van der Waals surface area contributed by atoms with E-state index < -0.39 is 63.2 Å². The van der Waals surface area contributed by atoms with Crippen molar-refractivity contribution < 1.29 is 39.3 Å². The smallest absolute Gasteiger partial charge is 0.460 e. The van der Waals surface area contributed by atoms with E-state index in [9.17, 15) is 4.79 Å². The molecule has 0 saturated heterocycles. The van der Waals surface area contributed by atoms with Crippen LogP contribution in [0.3, 0.4) is 0 Å². The largest absolute Gasteiger partial charge is 0.650 e. The Hall–Kier alpha value is 0.231. The van der Waals surface area contributed by atoms with Gasteiger partial charge in [0.25, 0.3) is 0 Å². The van der Waals surface area contributed by atoms with Crippen LogP contribution in [0.5, 0.6) is 0 Å². The van der Waals surface area contributed by atoms with Gasteiger partial charge in [-0.05, 0) is 85.0 Å². The van der Waals surface area contributed by atoms with Crippen molar-refractivity contribution in [1.82, 2.24) is 0 Å². The van der Waals surface area contributed by atoms with Crippen LogP contribution in [0.25, 0.3) is 0 Å². The highest BCUT2D eigenvalue weighted by atomic mass is 28.5. The molecule has 0 saturated carbocycles. The molecule has 0 N–H and O–H groups in total. The molecule has 37 heavy (non-hydrogen) atoms. The molecular weight excluding hydrogens is 577 g/mol. The highest BCUT2D eigenvalue weighted by molar-refractivity contribution is 6.90. The van der Waals surface area contributed by atoms with Crippen LogP contribution in [0.4, 0.5) is 0 Å². The van der Waals surface area contributed by atoms with E-state index in [4.69, 9.17) is 34.5 Å². The Balaban J connectivity index is 6.48. The molecule has 0 aromatic carbocycles. The van der Waals surface area contributed by atoms with E-state index in [1.165, 1.54) is 0 Å². The molecule has 0 fully saturated rings. The molecule has 9 nitrogen and oxygen atoms in total. The highest BCUT2D eigenvalue weighted by Crippen LogP contribution is 2.31. The summed E-state index contributed by atoms with van der Waals surface area (Å²) < 4.78 is 51.3. The van der Waals surface area contributed by atoms with E-state index in [0.29, 0.717) is 6.61 Å². The Morgan fingerprint density at radius 3 is 1.49 bits per heavy atom. The summed E-state index contributed by atoms with van der Waals surface area (Å²) in [7, 11) is -15.8. The first-order valence-corrected chi connectivity index (χ1v) is 30.5. The SMILES string of the molecule is C=CC(=O)OCC(CO[Si](O[Si](C)(C)C)(O[Si](C)(C)C)O[Si](C)(O[Si](C)(C)C)O[Si](C)(C)C)OCCC. The number of hydrogen-bond acceptors (Lipinski definition) is 9. The first kappa shape index (κ1) is 37.2. The van der Waals surface area contributed by atoms with Crippen molar-refractivity contribution in [3.8, 4) is 0 Å². The summed E-state index contributed by atoms with van der Waals surface area (Å²) in [6.45, 7) is 33.1. The molecule has 0 aromatic rings. The molecule has 220 valence electrons. The average molecular weight is 631 g/mol. The second-order valence-electron chi connectivity index (χ2n) is 13.0. The van der Waals surface area contributed by atoms with Crippen molar-refractivity contribution in [3.63, 3.8) is 0 Å². The fourth-order valence-electron chi connectivity index (χ4n) is 3.16. The molecule has 1 unspecified atom stereocenters. The maximum Gasteiger partial charge on any atom is 0.650 e. The van der Waals surface area contributed by atoms with Crippen molar-refractivity contribution >= 4 is 57.1 Å². The van der Waals surface area contributed by atoms with E-state index >= 15 is 0 Å². The normalized spacial score (nSPS) is 15.0. The highest BCUT2D eigenvalue weighted by Gasteiger charge is 2.59. The van der Waals surface area contributed by atoms with Crippen LogP contribution in [0, 0.1) is 0 Å². The van der Waals surface area contributed by atoms with Crippen LogP contribution in [0.1, 0.15) is 13.3 Å². The fraction of sp³-hybridized carbons (Fsp3) is 0.864. The van der Waals surface area contributed by atoms with Gasteiger partial charge in [0.2, 0.25) is 0 Å². The summed E-state index contributed by atoms with van der Waals surface area (Å²) in [5.41, 5.74) is 0. The quantitative estimate of drug-likeness (QED) is 0.0975. The van der Waals surface area contributed by atoms with E-state index in [1.807, 2.05) is 13.5 Å². The molecule has 0 heterocycles. The molecule has 0 aliphatic heterocycles. The lowest BCUT2D eigenvalue weighted by Crippen LogP contribution is -2.67. The van der Waals surface area contributed by atoms with Crippen molar-refractivity contribution in [2.75, 3.05) is 19.8 Å². The molecule has 0 aliphatic rings. The minimum atomic E-state index is -3.83. The third-order valence-corrected chi connectivity index (χ3v) is 21.5. The minimum absolute atomic E-state index is 0.0146. The lowest BCUT2D eigenvalue weighted by atomic mass is 10.4. The Morgan fingerprint density at radius 2 is 1.14 bits per heavy atom. The number of carbonyl (C=O) groups is 1. The summed E-state index contributed by atoms with van der Waals surface area (Å²) in [4.78, 5) is 11.7. The van der Waals surface area contributed by atoms with Gasteiger partial charge in [-0.2, -0.15) is 0 Å². The molecule has 0 aromatic heterocycles. The zero-order chi connectivity index (χ0) is 29.3. The molecule has 0 amide bonds. The standard InChI is InChI=1S/C22H54O9Si6/c1-16-18-24-21(19-25-22(23)17-2)20-26-37(29-34(9,10)11,30-35(12,13)14)31-36(15,27-32(3,4)5)28-33(6,7)8/h17,21H,2,16,18-20H2,1,3-15H3. The summed E-state index contributed by atoms with van der Waals surface area (Å²) in [6.07, 6.45) is 1.40. The van der Waals surface area contributed by atoms with Crippen LogP contribution < -0.4 is 0 Å². The van der Waals surface area contributed by atoms with Crippen LogP contribution in [-0.4, -0.2) is 83.0 Å². The van der Waals surface area contributed by atoms with Crippen molar-refractivity contribution in [1.29, 1.82) is 0 Å². The molecule has 0 bridgehead atoms. The topological polar surface area (TPSA) is 90.9 Å². The second kappa shape index (κ2) is 14.7. The predicted molar refractivity (Wildman–Crippen MR) is 163 cm³/mol. The van der Waals surface area contributed by atoms with Crippen molar-refractivity contribution in [3.05, 3.63) is 12.7 Å². The van der Waals surface area contributed by atoms with E-state index in [-0.39, 0.29) is 13.2 Å². The zero-order valence-electron chi connectivity index (χ0n) is 25.9. The van der Waals surface area contributed by atoms with Gasteiger partial charge in [-0.3, -0.25) is 0 Å². The lowest BCUT2D eigenvalue weighted by Gasteiger charge is -2.44. The molecule has 0 rings (SSSR count). The van der Waals surface area contributed by atoms with Gasteiger partial charge in [0.1, 0.15) is 12.7 Å². The van der Waals surface area contributed by atoms with Gasteiger partial charge in [0.05, 0.1) is 6.61 Å². The molecule has 15 heteroatoms. The molecule has 0 aliphatic carbocycles. The van der Waals surface area contributed by atoms with Gasteiger partial charge in [0, 0.05) is 19.2 Å². The average Bonchev–Trinajstić information content (AvgIpc) is 2.60. The molecule has 0 spiro atoms. The number of carbonyl (C=O) groups excluding carboxylic acids is 1. The lowest BCUT2D eigenvalue weighted by molar-refractivity contribution is -0.143. The van der Waals surface area contributed by atoms with Gasteiger partial charge in [0.15, 0.2) is 33.3 Å². The first-order chi connectivity index (χ1) is 16.4. The summed E-state index contributed by atoms with van der Waals surface area (Å²) in [5, 5.41) is 0. The van der Waals surface area contributed by atoms with Gasteiger partial charge < -0.3 is 34.5 Å². The summed E-state index contributed by atoms with van der Waals surface area (Å²) in [6, 6.07) is 0. The molecule has 1 atom stereocenters. The third-order valence-electron chi connectivity index (χ3n) is 3.74. The maximum absolute atomic E-state index is 11.7. The number of esters is 1. The monoisotopic (exact) mass is 630 g/mol. The predicted octanol–water partition coefficient (Wildman–Crippen LogP) is 5.95. The van der Waals surface area contributed by atoms with Gasteiger partial charge in [-0.1, -0.05) is 13.5 Å². The third kappa shape index (κ3) is 19.0. The van der Waals surface area contributed by atoms with Crippen LogP contribution in [0.2, 0.25) is 85.1 Å². The van der Waals surface area contributed by atoms with Gasteiger partial charge in [-0.15, -0.1) is 0 Å². The van der Waals surface area contributed by atoms with E-state index in [1.54, 1.807) is 0 Å². The molecule has 0 radical (unpaired) electrons. The Labute approximate surface area is 232 Å². The fourth-order valence-corrected chi connectivity index (χ4v) is 24.2.